The predicted molar refractivity (Wildman–Crippen MR) is 129 cm³/mol. The number of rotatable bonds is 2. The minimum absolute atomic E-state index is 0.102. The molecule has 2 heterocycles. The van der Waals surface area contributed by atoms with Crippen LogP contribution in [0.4, 0.5) is 10.5 Å². The summed E-state index contributed by atoms with van der Waals surface area (Å²) in [5.74, 6) is 0. The van der Waals surface area contributed by atoms with E-state index in [1.54, 1.807) is 0 Å². The molecule has 4 aromatic rings. The minimum atomic E-state index is -0.204. The van der Waals surface area contributed by atoms with Crippen molar-refractivity contribution in [2.24, 2.45) is 0 Å². The van der Waals surface area contributed by atoms with Crippen molar-refractivity contribution in [2.45, 2.75) is 33.4 Å². The number of carbonyl (C=O) groups is 1. The zero-order valence-corrected chi connectivity index (χ0v) is 18.7. The van der Waals surface area contributed by atoms with Crippen LogP contribution in [0.1, 0.15) is 39.6 Å². The third kappa shape index (κ3) is 3.48. The van der Waals surface area contributed by atoms with E-state index < -0.39 is 0 Å². The quantitative estimate of drug-likeness (QED) is 0.392. The summed E-state index contributed by atoms with van der Waals surface area (Å²) in [6, 6.07) is 26.6. The van der Waals surface area contributed by atoms with Gasteiger partial charge < -0.3 is 14.8 Å². The maximum Gasteiger partial charge on any atom is 0.322 e. The summed E-state index contributed by atoms with van der Waals surface area (Å²) in [4.78, 5) is 15.8. The van der Waals surface area contributed by atoms with E-state index in [0.29, 0.717) is 6.54 Å². The lowest BCUT2D eigenvalue weighted by molar-refractivity contribution is 0.194. The first-order valence-corrected chi connectivity index (χ1v) is 11.0. The van der Waals surface area contributed by atoms with Gasteiger partial charge in [0.2, 0.25) is 0 Å². The number of benzene rings is 3. The first-order chi connectivity index (χ1) is 15.5. The maximum atomic E-state index is 13.8. The molecule has 0 radical (unpaired) electrons. The van der Waals surface area contributed by atoms with Crippen LogP contribution >= 0.6 is 0 Å². The molecule has 0 aliphatic carbocycles. The highest BCUT2D eigenvalue weighted by Gasteiger charge is 2.33. The SMILES string of the molecule is Cc1ccc(NC(=O)N2Cc3ccccc3-n3cccc3[C@@H]2c2ccccc2C)c(C)c1. The number of aryl methyl sites for hydroxylation is 3. The number of hydrogen-bond donors (Lipinski definition) is 1. The Bertz CT molecular complexity index is 1300. The van der Waals surface area contributed by atoms with Gasteiger partial charge in [0.05, 0.1) is 12.2 Å². The van der Waals surface area contributed by atoms with E-state index >= 15 is 0 Å². The molecular weight excluding hydrogens is 394 g/mol. The fourth-order valence-corrected chi connectivity index (χ4v) is 4.70. The van der Waals surface area contributed by atoms with Crippen LogP contribution in [0.15, 0.2) is 85.1 Å². The van der Waals surface area contributed by atoms with Crippen LogP contribution in [0.2, 0.25) is 0 Å². The van der Waals surface area contributed by atoms with Crippen molar-refractivity contribution in [3.8, 4) is 5.69 Å². The van der Waals surface area contributed by atoms with Gasteiger partial charge in [-0.25, -0.2) is 4.79 Å². The van der Waals surface area contributed by atoms with Crippen LogP contribution in [0, 0.1) is 20.8 Å². The summed E-state index contributed by atoms with van der Waals surface area (Å²) in [6.07, 6.45) is 2.09. The number of hydrogen-bond acceptors (Lipinski definition) is 1. The second kappa shape index (κ2) is 8.04. The molecule has 1 aromatic heterocycles. The smallest absolute Gasteiger partial charge is 0.318 e. The van der Waals surface area contributed by atoms with E-state index in [4.69, 9.17) is 0 Å². The predicted octanol–water partition coefficient (Wildman–Crippen LogP) is 6.54. The number of fused-ring (bicyclic) bond motifs is 3. The average Bonchev–Trinajstić information content (AvgIpc) is 3.21. The van der Waals surface area contributed by atoms with Gasteiger partial charge in [0, 0.05) is 17.6 Å². The molecule has 4 heteroatoms. The van der Waals surface area contributed by atoms with Crippen molar-refractivity contribution >= 4 is 11.7 Å². The van der Waals surface area contributed by atoms with E-state index in [0.717, 1.165) is 33.8 Å². The van der Waals surface area contributed by atoms with Crippen molar-refractivity contribution in [3.05, 3.63) is 119 Å². The van der Waals surface area contributed by atoms with Crippen LogP contribution in [0.25, 0.3) is 5.69 Å². The van der Waals surface area contributed by atoms with Gasteiger partial charge in [-0.05, 0) is 67.3 Å². The Morgan fingerprint density at radius 1 is 0.875 bits per heavy atom. The topological polar surface area (TPSA) is 37.3 Å². The number of para-hydroxylation sites is 1. The van der Waals surface area contributed by atoms with Gasteiger partial charge in [0.25, 0.3) is 0 Å². The Morgan fingerprint density at radius 3 is 2.47 bits per heavy atom. The molecule has 0 fully saturated rings. The molecule has 3 aromatic carbocycles. The van der Waals surface area contributed by atoms with Crippen molar-refractivity contribution < 1.29 is 4.79 Å². The highest BCUT2D eigenvalue weighted by Crippen LogP contribution is 2.38. The van der Waals surface area contributed by atoms with Crippen LogP contribution in [0.5, 0.6) is 0 Å². The standard InChI is InChI=1S/C28H27N3O/c1-19-14-15-24(21(3)17-19)29-28(32)31-18-22-10-5-7-12-25(22)30-16-8-13-26(30)27(31)23-11-6-4-9-20(23)2/h4-17,27H,18H2,1-3H3,(H,29,32)/t27-/m0/s1. The molecule has 0 spiro atoms. The number of aromatic nitrogens is 1. The van der Waals surface area contributed by atoms with Gasteiger partial charge in [0.1, 0.15) is 6.04 Å². The van der Waals surface area contributed by atoms with Crippen molar-refractivity contribution in [1.82, 2.24) is 9.47 Å². The average molecular weight is 422 g/mol. The second-order valence-corrected chi connectivity index (χ2v) is 8.57. The summed E-state index contributed by atoms with van der Waals surface area (Å²) < 4.78 is 2.22. The van der Waals surface area contributed by atoms with Crippen LogP contribution in [-0.2, 0) is 6.54 Å². The van der Waals surface area contributed by atoms with Crippen LogP contribution in [-0.4, -0.2) is 15.5 Å². The van der Waals surface area contributed by atoms with E-state index in [9.17, 15) is 4.79 Å². The lowest BCUT2D eigenvalue weighted by Crippen LogP contribution is -2.38. The van der Waals surface area contributed by atoms with Crippen LogP contribution in [0.3, 0.4) is 0 Å². The zero-order chi connectivity index (χ0) is 22.2. The molecule has 0 saturated heterocycles. The maximum absolute atomic E-state index is 13.8. The molecule has 1 aliphatic rings. The van der Waals surface area contributed by atoms with Gasteiger partial charge in [-0.3, -0.25) is 0 Å². The Labute approximate surface area is 189 Å². The minimum Gasteiger partial charge on any atom is -0.318 e. The summed E-state index contributed by atoms with van der Waals surface area (Å²) in [6.45, 7) is 6.73. The third-order valence-electron chi connectivity index (χ3n) is 6.33. The number of urea groups is 1. The molecule has 4 nitrogen and oxygen atoms in total. The van der Waals surface area contributed by atoms with Gasteiger partial charge in [0.15, 0.2) is 0 Å². The van der Waals surface area contributed by atoms with E-state index in [-0.39, 0.29) is 12.1 Å². The molecule has 0 unspecified atom stereocenters. The molecule has 5 rings (SSSR count). The van der Waals surface area contributed by atoms with Gasteiger partial charge >= 0.3 is 6.03 Å². The summed E-state index contributed by atoms with van der Waals surface area (Å²) in [5, 5.41) is 3.19. The van der Waals surface area contributed by atoms with E-state index in [2.05, 4.69) is 78.5 Å². The molecule has 0 saturated carbocycles. The Morgan fingerprint density at radius 2 is 1.66 bits per heavy atom. The fourth-order valence-electron chi connectivity index (χ4n) is 4.70. The zero-order valence-electron chi connectivity index (χ0n) is 18.7. The highest BCUT2D eigenvalue weighted by atomic mass is 16.2. The van der Waals surface area contributed by atoms with Crippen molar-refractivity contribution in [1.29, 1.82) is 0 Å². The van der Waals surface area contributed by atoms with Crippen molar-refractivity contribution in [2.75, 3.05) is 5.32 Å². The normalized spacial score (nSPS) is 15.0. The lowest BCUT2D eigenvalue weighted by atomic mass is 9.97. The number of carbonyl (C=O) groups excluding carboxylic acids is 1. The first-order valence-electron chi connectivity index (χ1n) is 11.0. The Kier molecular flexibility index (Phi) is 5.06. The van der Waals surface area contributed by atoms with Crippen molar-refractivity contribution in [3.63, 3.8) is 0 Å². The highest BCUT2D eigenvalue weighted by molar-refractivity contribution is 5.91. The summed E-state index contributed by atoms with van der Waals surface area (Å²) in [7, 11) is 0. The molecule has 1 atom stereocenters. The molecule has 1 aliphatic heterocycles. The fraction of sp³-hybridized carbons (Fsp3) is 0.179. The number of amides is 2. The number of anilines is 1. The first kappa shape index (κ1) is 20.1. The monoisotopic (exact) mass is 421 g/mol. The van der Waals surface area contributed by atoms with E-state index in [1.807, 2.05) is 42.2 Å². The van der Waals surface area contributed by atoms with Gasteiger partial charge in [-0.2, -0.15) is 0 Å². The molecule has 160 valence electrons. The Hall–Kier alpha value is -3.79. The van der Waals surface area contributed by atoms with Gasteiger partial charge in [-0.1, -0.05) is 60.2 Å². The number of nitrogens with zero attached hydrogens (tertiary/aromatic N) is 2. The molecular formula is C28H27N3O. The lowest BCUT2D eigenvalue weighted by Gasteiger charge is -2.32. The van der Waals surface area contributed by atoms with Crippen LogP contribution < -0.4 is 5.32 Å². The second-order valence-electron chi connectivity index (χ2n) is 8.57. The molecule has 1 N–H and O–H groups in total. The summed E-state index contributed by atoms with van der Waals surface area (Å²) in [5.41, 5.74) is 8.71. The molecule has 2 amide bonds. The summed E-state index contributed by atoms with van der Waals surface area (Å²) >= 11 is 0. The number of nitrogens with one attached hydrogen (secondary N) is 1. The van der Waals surface area contributed by atoms with E-state index in [1.165, 1.54) is 11.1 Å². The largest absolute Gasteiger partial charge is 0.322 e. The third-order valence-corrected chi connectivity index (χ3v) is 6.33. The molecule has 0 bridgehead atoms. The van der Waals surface area contributed by atoms with Gasteiger partial charge in [-0.15, -0.1) is 0 Å². The Balaban J connectivity index is 1.65. The molecule has 32 heavy (non-hydrogen) atoms.